The number of aliphatic hydroxyl groups excluding tert-OH is 1. The average Bonchev–Trinajstić information content (AvgIpc) is 2.67. The third-order valence-corrected chi connectivity index (χ3v) is 5.11. The Kier molecular flexibility index (Phi) is 10.2. The fourth-order valence-electron chi connectivity index (χ4n) is 3.32. The molecule has 32 heavy (non-hydrogen) atoms. The number of alkyl carbamates (subject to hydrolysis) is 1. The quantitative estimate of drug-likeness (QED) is 0.537. The number of amides is 3. The van der Waals surface area contributed by atoms with E-state index in [1.54, 1.807) is 20.8 Å². The molecule has 3 amide bonds. The van der Waals surface area contributed by atoms with E-state index in [9.17, 15) is 19.5 Å². The van der Waals surface area contributed by atoms with Crippen LogP contribution in [-0.4, -0.2) is 59.3 Å². The summed E-state index contributed by atoms with van der Waals surface area (Å²) in [6, 6.07) is 3.37. The first-order valence-corrected chi connectivity index (χ1v) is 11.0. The molecule has 0 saturated heterocycles. The minimum absolute atomic E-state index is 0.0569. The molecular formula is C24H39N3O5. The summed E-state index contributed by atoms with van der Waals surface area (Å²) in [5, 5.41) is 15.1. The Morgan fingerprint density at radius 2 is 1.75 bits per heavy atom. The fourth-order valence-corrected chi connectivity index (χ4v) is 3.32. The van der Waals surface area contributed by atoms with Crippen LogP contribution in [0.4, 0.5) is 4.79 Å². The zero-order valence-corrected chi connectivity index (χ0v) is 20.6. The molecule has 0 heterocycles. The lowest BCUT2D eigenvalue weighted by Crippen LogP contribution is -2.53. The summed E-state index contributed by atoms with van der Waals surface area (Å²) in [4.78, 5) is 39.8. The highest BCUT2D eigenvalue weighted by molar-refractivity contribution is 5.92. The zero-order valence-electron chi connectivity index (χ0n) is 20.6. The van der Waals surface area contributed by atoms with Crippen molar-refractivity contribution in [2.75, 3.05) is 13.7 Å². The van der Waals surface area contributed by atoms with Crippen molar-refractivity contribution in [2.24, 2.45) is 0 Å². The number of nitrogens with zero attached hydrogens (tertiary/aromatic N) is 1. The van der Waals surface area contributed by atoms with Crippen LogP contribution in [0.5, 0.6) is 0 Å². The van der Waals surface area contributed by atoms with Gasteiger partial charge in [0.25, 0.3) is 0 Å². The molecule has 3 N–H and O–H groups in total. The van der Waals surface area contributed by atoms with Crippen LogP contribution in [0, 0.1) is 13.8 Å². The monoisotopic (exact) mass is 449 g/mol. The van der Waals surface area contributed by atoms with Gasteiger partial charge in [0.05, 0.1) is 6.61 Å². The van der Waals surface area contributed by atoms with Crippen molar-refractivity contribution in [1.82, 2.24) is 15.5 Å². The van der Waals surface area contributed by atoms with Gasteiger partial charge in [-0.15, -0.1) is 0 Å². The summed E-state index contributed by atoms with van der Waals surface area (Å²) in [7, 11) is 1.49. The third-order valence-electron chi connectivity index (χ3n) is 5.11. The van der Waals surface area contributed by atoms with Crippen molar-refractivity contribution in [3.8, 4) is 0 Å². The predicted octanol–water partition coefficient (Wildman–Crippen LogP) is 2.99. The van der Waals surface area contributed by atoms with Crippen LogP contribution in [0.2, 0.25) is 0 Å². The van der Waals surface area contributed by atoms with Gasteiger partial charge < -0.3 is 25.4 Å². The van der Waals surface area contributed by atoms with Gasteiger partial charge in [-0.2, -0.15) is 0 Å². The van der Waals surface area contributed by atoms with E-state index in [0.29, 0.717) is 5.56 Å². The van der Waals surface area contributed by atoms with Crippen LogP contribution >= 0.6 is 0 Å². The molecule has 1 aromatic rings. The number of aliphatic hydroxyl groups is 1. The topological polar surface area (TPSA) is 108 Å². The smallest absolute Gasteiger partial charge is 0.408 e. The second-order valence-electron chi connectivity index (χ2n) is 9.28. The second kappa shape index (κ2) is 11.9. The van der Waals surface area contributed by atoms with Gasteiger partial charge >= 0.3 is 6.09 Å². The van der Waals surface area contributed by atoms with Gasteiger partial charge in [-0.25, -0.2) is 4.79 Å². The van der Waals surface area contributed by atoms with E-state index >= 15 is 0 Å². The highest BCUT2D eigenvalue weighted by atomic mass is 16.6. The lowest BCUT2D eigenvalue weighted by atomic mass is 9.98. The van der Waals surface area contributed by atoms with E-state index in [1.807, 2.05) is 45.9 Å². The molecule has 0 bridgehead atoms. The first-order valence-electron chi connectivity index (χ1n) is 11.0. The SMILES string of the molecule is CCCC(C)NC(=O)C(c1ccc(C)c(C)c1)N(C)C(=O)C(CO)NC(=O)OC(C)(C)C. The maximum atomic E-state index is 13.2. The van der Waals surface area contributed by atoms with Crippen LogP contribution in [-0.2, 0) is 14.3 Å². The number of benzene rings is 1. The van der Waals surface area contributed by atoms with E-state index in [-0.39, 0.29) is 11.9 Å². The van der Waals surface area contributed by atoms with E-state index in [0.717, 1.165) is 24.0 Å². The lowest BCUT2D eigenvalue weighted by molar-refractivity contribution is -0.141. The van der Waals surface area contributed by atoms with Crippen LogP contribution in [0.3, 0.4) is 0 Å². The van der Waals surface area contributed by atoms with Crippen molar-refractivity contribution >= 4 is 17.9 Å². The summed E-state index contributed by atoms with van der Waals surface area (Å²) >= 11 is 0. The molecule has 0 radical (unpaired) electrons. The maximum absolute atomic E-state index is 13.2. The Labute approximate surface area is 191 Å². The average molecular weight is 450 g/mol. The summed E-state index contributed by atoms with van der Waals surface area (Å²) in [5.41, 5.74) is 1.96. The van der Waals surface area contributed by atoms with Crippen molar-refractivity contribution in [1.29, 1.82) is 0 Å². The van der Waals surface area contributed by atoms with Crippen molar-refractivity contribution in [2.45, 2.75) is 85.0 Å². The number of rotatable bonds is 9. The van der Waals surface area contributed by atoms with Crippen molar-refractivity contribution in [3.63, 3.8) is 0 Å². The van der Waals surface area contributed by atoms with Crippen molar-refractivity contribution < 1.29 is 24.2 Å². The van der Waals surface area contributed by atoms with E-state index in [1.165, 1.54) is 11.9 Å². The van der Waals surface area contributed by atoms with Gasteiger partial charge in [-0.3, -0.25) is 9.59 Å². The second-order valence-corrected chi connectivity index (χ2v) is 9.28. The number of nitrogens with one attached hydrogen (secondary N) is 2. The summed E-state index contributed by atoms with van der Waals surface area (Å²) < 4.78 is 5.19. The molecule has 1 rings (SSSR count). The molecule has 0 aliphatic carbocycles. The predicted molar refractivity (Wildman–Crippen MR) is 124 cm³/mol. The Balaban J connectivity index is 3.20. The highest BCUT2D eigenvalue weighted by Crippen LogP contribution is 2.24. The van der Waals surface area contributed by atoms with Gasteiger partial charge in [-0.1, -0.05) is 31.5 Å². The fraction of sp³-hybridized carbons (Fsp3) is 0.625. The minimum Gasteiger partial charge on any atom is -0.444 e. The van der Waals surface area contributed by atoms with E-state index in [4.69, 9.17) is 4.74 Å². The molecule has 0 fully saturated rings. The zero-order chi connectivity index (χ0) is 24.6. The van der Waals surface area contributed by atoms with Crippen LogP contribution in [0.25, 0.3) is 0 Å². The number of ether oxygens (including phenoxy) is 1. The molecule has 0 saturated carbocycles. The Morgan fingerprint density at radius 1 is 1.12 bits per heavy atom. The summed E-state index contributed by atoms with van der Waals surface area (Å²) in [6.45, 7) is 12.3. The Bertz CT molecular complexity index is 803. The molecule has 0 aliphatic rings. The Morgan fingerprint density at radius 3 is 2.25 bits per heavy atom. The normalized spacial score (nSPS) is 14.2. The van der Waals surface area contributed by atoms with Gasteiger partial charge in [-0.05, 0) is 64.7 Å². The maximum Gasteiger partial charge on any atom is 0.408 e. The standard InChI is InChI=1S/C24H39N3O5/c1-9-10-17(4)25-21(29)20(18-12-11-15(2)16(3)13-18)27(8)22(30)19(14-28)26-23(31)32-24(5,6)7/h11-13,17,19-20,28H,9-10,14H2,1-8H3,(H,25,29)(H,26,31). The number of carbonyl (C=O) groups is 3. The number of hydrogen-bond acceptors (Lipinski definition) is 5. The number of carbonyl (C=O) groups excluding carboxylic acids is 3. The van der Waals surface area contributed by atoms with Crippen molar-refractivity contribution in [3.05, 3.63) is 34.9 Å². The van der Waals surface area contributed by atoms with Gasteiger partial charge in [0, 0.05) is 13.1 Å². The molecule has 3 unspecified atom stereocenters. The molecular weight excluding hydrogens is 410 g/mol. The molecule has 8 heteroatoms. The molecule has 3 atom stereocenters. The van der Waals surface area contributed by atoms with E-state index < -0.39 is 36.3 Å². The first-order chi connectivity index (χ1) is 14.8. The van der Waals surface area contributed by atoms with Gasteiger partial charge in [0.1, 0.15) is 17.7 Å². The van der Waals surface area contributed by atoms with Crippen LogP contribution in [0.1, 0.15) is 70.2 Å². The largest absolute Gasteiger partial charge is 0.444 e. The molecule has 0 spiro atoms. The summed E-state index contributed by atoms with van der Waals surface area (Å²) in [5.74, 6) is -0.918. The number of likely N-dealkylation sites (N-methyl/N-ethyl adjacent to an activating group) is 1. The molecule has 1 aromatic carbocycles. The van der Waals surface area contributed by atoms with Crippen LogP contribution in [0.15, 0.2) is 18.2 Å². The molecule has 0 aliphatic heterocycles. The van der Waals surface area contributed by atoms with Gasteiger partial charge in [0.2, 0.25) is 11.8 Å². The number of hydrogen-bond donors (Lipinski definition) is 3. The third kappa shape index (κ3) is 8.15. The first kappa shape index (κ1) is 27.4. The number of aryl methyl sites for hydroxylation is 2. The lowest BCUT2D eigenvalue weighted by Gasteiger charge is -2.32. The van der Waals surface area contributed by atoms with E-state index in [2.05, 4.69) is 10.6 Å². The minimum atomic E-state index is -1.25. The highest BCUT2D eigenvalue weighted by Gasteiger charge is 2.34. The molecule has 0 aromatic heterocycles. The van der Waals surface area contributed by atoms with Crippen LogP contribution < -0.4 is 10.6 Å². The Hall–Kier alpha value is -2.61. The molecule has 180 valence electrons. The summed E-state index contributed by atoms with van der Waals surface area (Å²) in [6.07, 6.45) is 0.904. The molecule has 8 nitrogen and oxygen atoms in total. The van der Waals surface area contributed by atoms with Gasteiger partial charge in [0.15, 0.2) is 0 Å².